The van der Waals surface area contributed by atoms with Crippen LogP contribution in [0, 0.1) is 13.8 Å². The van der Waals surface area contributed by atoms with Crippen LogP contribution < -0.4 is 10.5 Å². The average molecular weight is 370 g/mol. The van der Waals surface area contributed by atoms with Crippen LogP contribution in [-0.2, 0) is 0 Å². The molecule has 2 aromatic rings. The van der Waals surface area contributed by atoms with Gasteiger partial charge < -0.3 is 10.5 Å². The molecule has 0 fully saturated rings. The van der Waals surface area contributed by atoms with Crippen molar-refractivity contribution in [3.05, 3.63) is 44.5 Å². The van der Waals surface area contributed by atoms with Gasteiger partial charge in [0.05, 0.1) is 16.4 Å². The predicted molar refractivity (Wildman–Crippen MR) is 91.4 cm³/mol. The van der Waals surface area contributed by atoms with Crippen molar-refractivity contribution in [1.82, 2.24) is 4.98 Å². The maximum absolute atomic E-state index is 6.28. The van der Waals surface area contributed by atoms with Crippen molar-refractivity contribution in [2.24, 2.45) is 0 Å². The van der Waals surface area contributed by atoms with Crippen molar-refractivity contribution in [2.45, 2.75) is 33.6 Å². The van der Waals surface area contributed by atoms with Gasteiger partial charge in [-0.1, -0.05) is 25.4 Å². The van der Waals surface area contributed by atoms with Crippen molar-refractivity contribution < 1.29 is 4.74 Å². The Morgan fingerprint density at radius 3 is 2.57 bits per heavy atom. The molecule has 0 aliphatic rings. The van der Waals surface area contributed by atoms with Crippen molar-refractivity contribution in [3.8, 4) is 11.6 Å². The summed E-state index contributed by atoms with van der Waals surface area (Å²) >= 11 is 9.76. The van der Waals surface area contributed by atoms with Gasteiger partial charge in [-0.2, -0.15) is 0 Å². The second-order valence-corrected chi connectivity index (χ2v) is 6.55. The predicted octanol–water partition coefficient (Wildman–Crippen LogP) is 5.61. The Labute approximate surface area is 138 Å². The molecule has 3 nitrogen and oxygen atoms in total. The van der Waals surface area contributed by atoms with E-state index in [4.69, 9.17) is 22.1 Å². The van der Waals surface area contributed by atoms with E-state index in [0.29, 0.717) is 17.5 Å². The summed E-state index contributed by atoms with van der Waals surface area (Å²) in [4.78, 5) is 4.24. The number of rotatable bonds is 3. The van der Waals surface area contributed by atoms with Crippen LogP contribution in [0.2, 0.25) is 5.02 Å². The largest absolute Gasteiger partial charge is 0.438 e. The third-order valence-electron chi connectivity index (χ3n) is 3.39. The van der Waals surface area contributed by atoms with Crippen molar-refractivity contribution in [2.75, 3.05) is 5.73 Å². The Hall–Kier alpha value is -1.26. The summed E-state index contributed by atoms with van der Waals surface area (Å²) in [5.74, 6) is 1.58. The van der Waals surface area contributed by atoms with Gasteiger partial charge in [0.15, 0.2) is 0 Å². The minimum absolute atomic E-state index is 0.324. The molecule has 5 heteroatoms. The van der Waals surface area contributed by atoms with Gasteiger partial charge in [-0.05, 0) is 64.5 Å². The number of hydrogen-bond donors (Lipinski definition) is 1. The summed E-state index contributed by atoms with van der Waals surface area (Å²) in [5.41, 5.74) is 9.39. The molecule has 2 N–H and O–H groups in total. The number of aryl methyl sites for hydroxylation is 1. The minimum atomic E-state index is 0.324. The van der Waals surface area contributed by atoms with Gasteiger partial charge >= 0.3 is 0 Å². The number of nitrogen functional groups attached to an aromatic ring is 1. The lowest BCUT2D eigenvalue weighted by Crippen LogP contribution is -1.98. The summed E-state index contributed by atoms with van der Waals surface area (Å²) in [6.07, 6.45) is 1.60. The smallest absolute Gasteiger partial charge is 0.234 e. The number of halogens is 2. The monoisotopic (exact) mass is 368 g/mol. The summed E-state index contributed by atoms with van der Waals surface area (Å²) < 4.78 is 6.72. The zero-order valence-electron chi connectivity index (χ0n) is 12.5. The zero-order valence-corrected chi connectivity index (χ0v) is 14.8. The average Bonchev–Trinajstić information content (AvgIpc) is 2.41. The Kier molecular flexibility index (Phi) is 4.79. The van der Waals surface area contributed by atoms with E-state index in [9.17, 15) is 0 Å². The molecular weight excluding hydrogens is 352 g/mol. The first-order valence-corrected chi connectivity index (χ1v) is 7.86. The van der Waals surface area contributed by atoms with Crippen LogP contribution >= 0.6 is 27.5 Å². The van der Waals surface area contributed by atoms with E-state index < -0.39 is 0 Å². The van der Waals surface area contributed by atoms with E-state index in [2.05, 4.69) is 34.8 Å². The third kappa shape index (κ3) is 3.33. The molecule has 112 valence electrons. The molecule has 0 spiro atoms. The molecule has 0 unspecified atom stereocenters. The van der Waals surface area contributed by atoms with E-state index in [0.717, 1.165) is 31.9 Å². The van der Waals surface area contributed by atoms with Crippen molar-refractivity contribution in [1.29, 1.82) is 0 Å². The summed E-state index contributed by atoms with van der Waals surface area (Å²) in [6.45, 7) is 8.08. The SMILES string of the molecule is Cc1cc(Cl)c(C(C)C)cc1Oc1ncc(N)c(C)c1Br. The second-order valence-electron chi connectivity index (χ2n) is 5.35. The summed E-state index contributed by atoms with van der Waals surface area (Å²) in [6, 6.07) is 3.90. The van der Waals surface area contributed by atoms with Gasteiger partial charge in [0, 0.05) is 5.02 Å². The van der Waals surface area contributed by atoms with Crippen LogP contribution in [0.25, 0.3) is 0 Å². The molecule has 0 radical (unpaired) electrons. The van der Waals surface area contributed by atoms with Gasteiger partial charge in [-0.25, -0.2) is 4.98 Å². The maximum atomic E-state index is 6.28. The molecule has 0 atom stereocenters. The van der Waals surface area contributed by atoms with E-state index in [1.165, 1.54) is 0 Å². The molecule has 21 heavy (non-hydrogen) atoms. The number of benzene rings is 1. The highest BCUT2D eigenvalue weighted by Gasteiger charge is 2.14. The zero-order chi connectivity index (χ0) is 15.7. The maximum Gasteiger partial charge on any atom is 0.234 e. The molecule has 1 heterocycles. The van der Waals surface area contributed by atoms with Crippen LogP contribution in [0.5, 0.6) is 11.6 Å². The van der Waals surface area contributed by atoms with E-state index in [1.807, 2.05) is 26.0 Å². The lowest BCUT2D eigenvalue weighted by atomic mass is 10.0. The van der Waals surface area contributed by atoms with Crippen LogP contribution in [0.3, 0.4) is 0 Å². The van der Waals surface area contributed by atoms with Gasteiger partial charge in [0.2, 0.25) is 5.88 Å². The number of aromatic nitrogens is 1. The van der Waals surface area contributed by atoms with Gasteiger partial charge in [-0.15, -0.1) is 0 Å². The molecule has 0 saturated carbocycles. The molecule has 0 aliphatic heterocycles. The van der Waals surface area contributed by atoms with Gasteiger partial charge in [-0.3, -0.25) is 0 Å². The molecule has 0 amide bonds. The number of hydrogen-bond acceptors (Lipinski definition) is 3. The van der Waals surface area contributed by atoms with E-state index >= 15 is 0 Å². The Morgan fingerprint density at radius 2 is 1.95 bits per heavy atom. The van der Waals surface area contributed by atoms with Gasteiger partial charge in [0.1, 0.15) is 5.75 Å². The fourth-order valence-electron chi connectivity index (χ4n) is 1.97. The molecule has 0 saturated heterocycles. The second kappa shape index (κ2) is 6.24. The standard InChI is InChI=1S/C16H18BrClN2O/c1-8(2)11-6-14(9(3)5-12(11)18)21-16-15(17)10(4)13(19)7-20-16/h5-8H,19H2,1-4H3. The molecule has 1 aromatic carbocycles. The highest BCUT2D eigenvalue weighted by molar-refractivity contribution is 9.10. The lowest BCUT2D eigenvalue weighted by molar-refractivity contribution is 0.455. The molecule has 0 bridgehead atoms. The van der Waals surface area contributed by atoms with E-state index in [-0.39, 0.29) is 0 Å². The van der Waals surface area contributed by atoms with Crippen LogP contribution in [0.4, 0.5) is 5.69 Å². The van der Waals surface area contributed by atoms with Crippen molar-refractivity contribution in [3.63, 3.8) is 0 Å². The molecule has 2 rings (SSSR count). The van der Waals surface area contributed by atoms with Crippen LogP contribution in [0.1, 0.15) is 36.5 Å². The van der Waals surface area contributed by atoms with Crippen LogP contribution in [0.15, 0.2) is 22.8 Å². The summed E-state index contributed by atoms with van der Waals surface area (Å²) in [5, 5.41) is 0.760. The number of pyridine rings is 1. The Morgan fingerprint density at radius 1 is 1.29 bits per heavy atom. The first-order valence-electron chi connectivity index (χ1n) is 6.69. The number of nitrogens with two attached hydrogens (primary N) is 1. The first kappa shape index (κ1) is 16.1. The number of ether oxygens (including phenoxy) is 1. The Balaban J connectivity index is 2.45. The number of anilines is 1. The van der Waals surface area contributed by atoms with Crippen LogP contribution in [-0.4, -0.2) is 4.98 Å². The fraction of sp³-hybridized carbons (Fsp3) is 0.312. The highest BCUT2D eigenvalue weighted by atomic mass is 79.9. The minimum Gasteiger partial charge on any atom is -0.438 e. The normalized spacial score (nSPS) is 11.0. The molecular formula is C16H18BrClN2O. The van der Waals surface area contributed by atoms with Crippen molar-refractivity contribution >= 4 is 33.2 Å². The lowest BCUT2D eigenvalue weighted by Gasteiger charge is -2.15. The summed E-state index contributed by atoms with van der Waals surface area (Å²) in [7, 11) is 0. The molecule has 1 aromatic heterocycles. The Bertz CT molecular complexity index is 686. The number of nitrogens with zero attached hydrogens (tertiary/aromatic N) is 1. The first-order chi connectivity index (χ1) is 9.81. The van der Waals surface area contributed by atoms with E-state index in [1.54, 1.807) is 6.20 Å². The fourth-order valence-corrected chi connectivity index (χ4v) is 2.81. The quantitative estimate of drug-likeness (QED) is 0.764. The topological polar surface area (TPSA) is 48.1 Å². The highest BCUT2D eigenvalue weighted by Crippen LogP contribution is 2.37. The molecule has 0 aliphatic carbocycles. The third-order valence-corrected chi connectivity index (χ3v) is 4.66. The van der Waals surface area contributed by atoms with Gasteiger partial charge in [0.25, 0.3) is 0 Å².